The molecule has 0 aromatic heterocycles. The predicted molar refractivity (Wildman–Crippen MR) is 54.1 cm³/mol. The zero-order valence-corrected chi connectivity index (χ0v) is 9.84. The molecule has 0 aromatic rings. The van der Waals surface area contributed by atoms with Gasteiger partial charge in [-0.15, -0.1) is 0 Å². The molecule has 0 aromatic carbocycles. The first-order chi connectivity index (χ1) is 7.51. The fourth-order valence-electron chi connectivity index (χ4n) is 0.783. The Kier molecular flexibility index (Phi) is 4.60. The number of nitrogens with zero attached hydrogens (tertiary/aromatic N) is 1. The number of esters is 1. The summed E-state index contributed by atoms with van der Waals surface area (Å²) in [7, 11) is 5.40. The van der Waals surface area contributed by atoms with Crippen LogP contribution in [0.4, 0.5) is 0 Å². The van der Waals surface area contributed by atoms with E-state index in [1.807, 2.05) is 0 Å². The quantitative estimate of drug-likeness (QED) is 0.287. The van der Waals surface area contributed by atoms with Crippen molar-refractivity contribution >= 4 is 17.9 Å². The van der Waals surface area contributed by atoms with Gasteiger partial charge in [0.05, 0.1) is 21.1 Å². The van der Waals surface area contributed by atoms with Gasteiger partial charge < -0.3 is 24.5 Å². The summed E-state index contributed by atoms with van der Waals surface area (Å²) in [4.78, 5) is 32.3. The maximum atomic E-state index is 11.2. The predicted octanol–water partition coefficient (Wildman–Crippen LogP) is -1.86. The maximum absolute atomic E-state index is 11.2. The molecule has 17 heavy (non-hydrogen) atoms. The van der Waals surface area contributed by atoms with Crippen molar-refractivity contribution in [2.45, 2.75) is 5.60 Å². The second-order valence-corrected chi connectivity index (χ2v) is 4.47. The van der Waals surface area contributed by atoms with E-state index in [1.165, 1.54) is 0 Å². The van der Waals surface area contributed by atoms with Crippen LogP contribution in [0, 0.1) is 0 Å². The minimum Gasteiger partial charge on any atom is -0.478 e. The van der Waals surface area contributed by atoms with Crippen LogP contribution < -0.4 is 0 Å². The van der Waals surface area contributed by atoms with E-state index in [0.717, 1.165) is 0 Å². The highest BCUT2D eigenvalue weighted by Gasteiger charge is 2.54. The van der Waals surface area contributed by atoms with Crippen molar-refractivity contribution in [3.8, 4) is 0 Å². The van der Waals surface area contributed by atoms with Crippen molar-refractivity contribution < 1.29 is 38.9 Å². The molecule has 0 aliphatic heterocycles. The van der Waals surface area contributed by atoms with Crippen LogP contribution in [0.2, 0.25) is 0 Å². The molecule has 0 unspecified atom stereocenters. The number of hydrogen-bond donors (Lipinski definition) is 3. The summed E-state index contributed by atoms with van der Waals surface area (Å²) in [6, 6.07) is 0. The van der Waals surface area contributed by atoms with Gasteiger partial charge >= 0.3 is 23.5 Å². The Bertz CT molecular complexity index is 317. The summed E-state index contributed by atoms with van der Waals surface area (Å²) in [5, 5.41) is 26.2. The zero-order valence-electron chi connectivity index (χ0n) is 9.84. The van der Waals surface area contributed by atoms with Crippen LogP contribution in [-0.4, -0.2) is 77.6 Å². The lowest BCUT2D eigenvalue weighted by Crippen LogP contribution is -2.54. The fourth-order valence-corrected chi connectivity index (χ4v) is 0.783. The summed E-state index contributed by atoms with van der Waals surface area (Å²) >= 11 is 0. The number of quaternary nitrogens is 1. The molecule has 0 fully saturated rings. The van der Waals surface area contributed by atoms with Gasteiger partial charge in [-0.25, -0.2) is 14.4 Å². The second kappa shape index (κ2) is 5.11. The molecular weight excluding hydrogens is 234 g/mol. The Morgan fingerprint density at radius 2 is 1.53 bits per heavy atom. The number of ether oxygens (including phenoxy) is 1. The highest BCUT2D eigenvalue weighted by Crippen LogP contribution is 2.08. The van der Waals surface area contributed by atoms with E-state index < -0.39 is 23.5 Å². The molecule has 0 saturated carbocycles. The molecule has 0 heterocycles. The van der Waals surface area contributed by atoms with E-state index in [2.05, 4.69) is 4.74 Å². The molecule has 0 saturated heterocycles. The Labute approximate surface area is 97.6 Å². The van der Waals surface area contributed by atoms with E-state index in [0.29, 0.717) is 11.0 Å². The van der Waals surface area contributed by atoms with Gasteiger partial charge in [-0.05, 0) is 0 Å². The van der Waals surface area contributed by atoms with Crippen LogP contribution in [0.1, 0.15) is 0 Å². The van der Waals surface area contributed by atoms with E-state index in [4.69, 9.17) is 10.2 Å². The van der Waals surface area contributed by atoms with Gasteiger partial charge in [0, 0.05) is 0 Å². The minimum atomic E-state index is -3.55. The SMILES string of the molecule is C[N+](C)(C)CCOC(=O)C(O)(C(=O)O)C(=O)O. The maximum Gasteiger partial charge on any atom is 0.362 e. The lowest BCUT2D eigenvalue weighted by molar-refractivity contribution is -0.870. The number of rotatable bonds is 6. The van der Waals surface area contributed by atoms with E-state index in [-0.39, 0.29) is 6.61 Å². The topological polar surface area (TPSA) is 121 Å². The van der Waals surface area contributed by atoms with Gasteiger partial charge in [0.25, 0.3) is 0 Å². The van der Waals surface area contributed by atoms with Crippen molar-refractivity contribution in [1.29, 1.82) is 0 Å². The molecule has 8 heteroatoms. The van der Waals surface area contributed by atoms with E-state index in [9.17, 15) is 19.5 Å². The summed E-state index contributed by atoms with van der Waals surface area (Å²) in [5.74, 6) is -6.06. The molecule has 8 nitrogen and oxygen atoms in total. The van der Waals surface area contributed by atoms with Crippen molar-refractivity contribution in [2.75, 3.05) is 34.3 Å². The van der Waals surface area contributed by atoms with E-state index in [1.54, 1.807) is 21.1 Å². The molecule has 0 aliphatic carbocycles. The molecule has 0 rings (SSSR count). The number of carbonyl (C=O) groups excluding carboxylic acids is 1. The van der Waals surface area contributed by atoms with Gasteiger partial charge in [0.1, 0.15) is 13.2 Å². The lowest BCUT2D eigenvalue weighted by atomic mass is 10.1. The Hall–Kier alpha value is -1.67. The molecular formula is C9H16NO7+. The van der Waals surface area contributed by atoms with Crippen molar-refractivity contribution in [2.24, 2.45) is 0 Å². The molecule has 3 N–H and O–H groups in total. The Morgan fingerprint density at radius 1 is 1.12 bits per heavy atom. The molecule has 0 radical (unpaired) electrons. The standard InChI is InChI=1S/C9H15NO7/c1-10(2,3)4-5-17-8(15)9(16,6(11)12)7(13)14/h16H,4-5H2,1-3H3,(H-,11,12,13,14)/p+1. The van der Waals surface area contributed by atoms with Crippen molar-refractivity contribution in [3.05, 3.63) is 0 Å². The van der Waals surface area contributed by atoms with Crippen LogP contribution in [-0.2, 0) is 19.1 Å². The number of carboxylic acids is 2. The third kappa shape index (κ3) is 4.00. The third-order valence-corrected chi connectivity index (χ3v) is 1.91. The van der Waals surface area contributed by atoms with Crippen LogP contribution in [0.3, 0.4) is 0 Å². The Balaban J connectivity index is 4.58. The molecule has 0 atom stereocenters. The van der Waals surface area contributed by atoms with Gasteiger partial charge in [-0.2, -0.15) is 0 Å². The minimum absolute atomic E-state index is 0.189. The summed E-state index contributed by atoms with van der Waals surface area (Å²) in [5.41, 5.74) is -3.55. The monoisotopic (exact) mass is 250 g/mol. The fraction of sp³-hybridized carbons (Fsp3) is 0.667. The van der Waals surface area contributed by atoms with Gasteiger partial charge in [0.2, 0.25) is 0 Å². The highest BCUT2D eigenvalue weighted by atomic mass is 16.6. The summed E-state index contributed by atoms with van der Waals surface area (Å²) in [6.45, 7) is 0.159. The van der Waals surface area contributed by atoms with Crippen LogP contribution in [0.15, 0.2) is 0 Å². The molecule has 0 spiro atoms. The largest absolute Gasteiger partial charge is 0.478 e. The van der Waals surface area contributed by atoms with Crippen LogP contribution >= 0.6 is 0 Å². The number of aliphatic carboxylic acids is 2. The first-order valence-corrected chi connectivity index (χ1v) is 4.68. The molecule has 0 amide bonds. The molecule has 98 valence electrons. The summed E-state index contributed by atoms with van der Waals surface area (Å²) < 4.78 is 4.88. The third-order valence-electron chi connectivity index (χ3n) is 1.91. The highest BCUT2D eigenvalue weighted by molar-refractivity contribution is 6.20. The first kappa shape index (κ1) is 15.3. The number of likely N-dealkylation sites (N-methyl/N-ethyl adjacent to an activating group) is 1. The average molecular weight is 250 g/mol. The number of hydrogen-bond acceptors (Lipinski definition) is 5. The number of carboxylic acid groups (broad SMARTS) is 2. The van der Waals surface area contributed by atoms with Gasteiger partial charge in [-0.3, -0.25) is 0 Å². The lowest BCUT2D eigenvalue weighted by Gasteiger charge is -2.24. The van der Waals surface area contributed by atoms with Crippen LogP contribution in [0.25, 0.3) is 0 Å². The van der Waals surface area contributed by atoms with Crippen molar-refractivity contribution in [1.82, 2.24) is 0 Å². The van der Waals surface area contributed by atoms with E-state index >= 15 is 0 Å². The van der Waals surface area contributed by atoms with Gasteiger partial charge in [-0.1, -0.05) is 0 Å². The smallest absolute Gasteiger partial charge is 0.362 e. The normalized spacial score (nSPS) is 12.0. The average Bonchev–Trinajstić information content (AvgIpc) is 2.13. The summed E-state index contributed by atoms with van der Waals surface area (Å²) in [6.07, 6.45) is 0. The number of aliphatic hydroxyl groups is 1. The molecule has 0 bridgehead atoms. The first-order valence-electron chi connectivity index (χ1n) is 4.68. The van der Waals surface area contributed by atoms with Gasteiger partial charge in [0.15, 0.2) is 0 Å². The number of carbonyl (C=O) groups is 3. The zero-order chi connectivity index (χ0) is 13.9. The Morgan fingerprint density at radius 3 is 1.82 bits per heavy atom. The van der Waals surface area contributed by atoms with Crippen molar-refractivity contribution in [3.63, 3.8) is 0 Å². The van der Waals surface area contributed by atoms with Crippen LogP contribution in [0.5, 0.6) is 0 Å². The second-order valence-electron chi connectivity index (χ2n) is 4.47. The molecule has 0 aliphatic rings.